The molecular weight excluding hydrogens is 254 g/mol. The molecule has 0 fully saturated rings. The molecule has 0 saturated carbocycles. The second-order valence-electron chi connectivity index (χ2n) is 5.66. The van der Waals surface area contributed by atoms with Crippen molar-refractivity contribution in [3.63, 3.8) is 0 Å². The number of hydrogen-bond acceptors (Lipinski definition) is 3. The van der Waals surface area contributed by atoms with Gasteiger partial charge in [0.05, 0.1) is 6.61 Å². The molecule has 0 heterocycles. The molecule has 0 bridgehead atoms. The van der Waals surface area contributed by atoms with Crippen molar-refractivity contribution in [3.8, 4) is 0 Å². The molecule has 0 radical (unpaired) electrons. The lowest BCUT2D eigenvalue weighted by atomic mass is 9.95. The summed E-state index contributed by atoms with van der Waals surface area (Å²) >= 11 is 0. The summed E-state index contributed by atoms with van der Waals surface area (Å²) in [4.78, 5) is 11.4. The van der Waals surface area contributed by atoms with Crippen LogP contribution in [0.4, 0.5) is 4.79 Å². The lowest BCUT2D eigenvalue weighted by molar-refractivity contribution is 0.0427. The fraction of sp³-hybridized carbons (Fsp3) is 0.938. The maximum atomic E-state index is 11.4. The highest BCUT2D eigenvalue weighted by molar-refractivity contribution is 5.67. The van der Waals surface area contributed by atoms with Gasteiger partial charge in [0.15, 0.2) is 0 Å². The number of ether oxygens (including phenoxy) is 2. The summed E-state index contributed by atoms with van der Waals surface area (Å²) in [5.74, 6) is 0. The molecule has 0 rings (SSSR count). The second-order valence-corrected chi connectivity index (χ2v) is 5.66. The maximum Gasteiger partial charge on any atom is 0.407 e. The van der Waals surface area contributed by atoms with Crippen LogP contribution in [0.25, 0.3) is 0 Å². The smallest absolute Gasteiger partial charge is 0.407 e. The predicted molar refractivity (Wildman–Crippen MR) is 87.2 cm³/mol. The highest BCUT2D eigenvalue weighted by Crippen LogP contribution is 2.14. The van der Waals surface area contributed by atoms with Gasteiger partial charge in [0.1, 0.15) is 5.60 Å². The van der Waals surface area contributed by atoms with Gasteiger partial charge in [-0.15, -0.1) is 0 Å². The first-order chi connectivity index (χ1) is 9.16. The Balaban J connectivity index is -0.000000656. The molecule has 20 heavy (non-hydrogen) atoms. The molecule has 0 aliphatic heterocycles. The van der Waals surface area contributed by atoms with E-state index in [1.165, 1.54) is 0 Å². The van der Waals surface area contributed by atoms with Crippen molar-refractivity contribution in [1.29, 1.82) is 0 Å². The zero-order chi connectivity index (χ0) is 16.8. The Morgan fingerprint density at radius 2 is 1.45 bits per heavy atom. The molecule has 0 spiro atoms. The van der Waals surface area contributed by atoms with Crippen molar-refractivity contribution in [2.24, 2.45) is 5.41 Å². The van der Waals surface area contributed by atoms with Crippen molar-refractivity contribution in [2.75, 3.05) is 19.8 Å². The van der Waals surface area contributed by atoms with Crippen molar-refractivity contribution in [1.82, 2.24) is 5.32 Å². The SMILES string of the molecule is CC.CC.CCOCC(C)(C)CNC(=O)OC(C)(C)C. The summed E-state index contributed by atoms with van der Waals surface area (Å²) in [5, 5.41) is 2.75. The third kappa shape index (κ3) is 19.6. The van der Waals surface area contributed by atoms with E-state index >= 15 is 0 Å². The monoisotopic (exact) mass is 291 g/mol. The van der Waals surface area contributed by atoms with E-state index in [0.717, 1.165) is 0 Å². The number of rotatable bonds is 5. The number of carbonyl (C=O) groups excluding carboxylic acids is 1. The van der Waals surface area contributed by atoms with E-state index in [4.69, 9.17) is 9.47 Å². The number of hydrogen-bond donors (Lipinski definition) is 1. The average molecular weight is 291 g/mol. The van der Waals surface area contributed by atoms with E-state index in [9.17, 15) is 4.79 Å². The van der Waals surface area contributed by atoms with Gasteiger partial charge in [-0.05, 0) is 27.7 Å². The van der Waals surface area contributed by atoms with Gasteiger partial charge in [0, 0.05) is 18.6 Å². The Hall–Kier alpha value is -0.770. The summed E-state index contributed by atoms with van der Waals surface area (Å²) in [7, 11) is 0. The van der Waals surface area contributed by atoms with E-state index in [1.54, 1.807) is 0 Å². The molecule has 0 aromatic rings. The van der Waals surface area contributed by atoms with E-state index in [2.05, 4.69) is 5.32 Å². The first-order valence-electron chi connectivity index (χ1n) is 7.71. The van der Waals surface area contributed by atoms with Crippen LogP contribution < -0.4 is 5.32 Å². The third-order valence-electron chi connectivity index (χ3n) is 1.81. The fourth-order valence-corrected chi connectivity index (χ4v) is 1.06. The summed E-state index contributed by atoms with van der Waals surface area (Å²) in [6, 6.07) is 0. The van der Waals surface area contributed by atoms with Gasteiger partial charge >= 0.3 is 6.09 Å². The summed E-state index contributed by atoms with van der Waals surface area (Å²) in [6.45, 7) is 21.4. The number of nitrogens with one attached hydrogen (secondary N) is 1. The maximum absolute atomic E-state index is 11.4. The standard InChI is InChI=1S/C12H25NO3.2C2H6/c1-7-15-9-12(5,6)8-13-10(14)16-11(2,3)4;2*1-2/h7-9H2,1-6H3,(H,13,14);2*1-2H3. The van der Waals surface area contributed by atoms with E-state index < -0.39 is 5.60 Å². The van der Waals surface area contributed by atoms with E-state index in [1.807, 2.05) is 69.2 Å². The molecule has 4 nitrogen and oxygen atoms in total. The van der Waals surface area contributed by atoms with Gasteiger partial charge in [-0.1, -0.05) is 41.5 Å². The first-order valence-corrected chi connectivity index (χ1v) is 7.71. The van der Waals surface area contributed by atoms with Crippen LogP contribution in [0.2, 0.25) is 0 Å². The Morgan fingerprint density at radius 1 is 1.00 bits per heavy atom. The molecule has 0 aromatic carbocycles. The minimum Gasteiger partial charge on any atom is -0.444 e. The van der Waals surface area contributed by atoms with Gasteiger partial charge < -0.3 is 14.8 Å². The molecule has 0 aromatic heterocycles. The Bertz CT molecular complexity index is 220. The van der Waals surface area contributed by atoms with Crippen LogP contribution in [0, 0.1) is 5.41 Å². The van der Waals surface area contributed by atoms with Gasteiger partial charge in [-0.2, -0.15) is 0 Å². The van der Waals surface area contributed by atoms with Crippen LogP contribution in [0.1, 0.15) is 69.2 Å². The average Bonchev–Trinajstić information content (AvgIpc) is 2.37. The van der Waals surface area contributed by atoms with Gasteiger partial charge in [-0.25, -0.2) is 4.79 Å². The first kappa shape index (κ1) is 24.3. The number of amides is 1. The van der Waals surface area contributed by atoms with Crippen molar-refractivity contribution in [2.45, 2.75) is 74.8 Å². The topological polar surface area (TPSA) is 47.6 Å². The third-order valence-corrected chi connectivity index (χ3v) is 1.81. The molecular formula is C16H37NO3. The van der Waals surface area contributed by atoms with Crippen LogP contribution in [0.3, 0.4) is 0 Å². The van der Waals surface area contributed by atoms with Crippen LogP contribution in [-0.2, 0) is 9.47 Å². The molecule has 0 unspecified atom stereocenters. The van der Waals surface area contributed by atoms with Crippen molar-refractivity contribution >= 4 is 6.09 Å². The van der Waals surface area contributed by atoms with E-state index in [0.29, 0.717) is 19.8 Å². The van der Waals surface area contributed by atoms with Crippen LogP contribution in [0.5, 0.6) is 0 Å². The lowest BCUT2D eigenvalue weighted by Gasteiger charge is -2.26. The van der Waals surface area contributed by atoms with Gasteiger partial charge in [-0.3, -0.25) is 0 Å². The highest BCUT2D eigenvalue weighted by atomic mass is 16.6. The number of carbonyl (C=O) groups is 1. The predicted octanol–water partition coefficient (Wildman–Crippen LogP) is 4.63. The molecule has 0 saturated heterocycles. The van der Waals surface area contributed by atoms with Gasteiger partial charge in [0.2, 0.25) is 0 Å². The van der Waals surface area contributed by atoms with Crippen LogP contribution in [-0.4, -0.2) is 31.5 Å². The van der Waals surface area contributed by atoms with Crippen LogP contribution >= 0.6 is 0 Å². The second kappa shape index (κ2) is 13.2. The van der Waals surface area contributed by atoms with Crippen molar-refractivity contribution in [3.05, 3.63) is 0 Å². The lowest BCUT2D eigenvalue weighted by Crippen LogP contribution is -2.39. The summed E-state index contributed by atoms with van der Waals surface area (Å²) < 4.78 is 10.5. The van der Waals surface area contributed by atoms with Crippen molar-refractivity contribution < 1.29 is 14.3 Å². The Kier molecular flexibility index (Phi) is 16.0. The van der Waals surface area contributed by atoms with Crippen LogP contribution in [0.15, 0.2) is 0 Å². The highest BCUT2D eigenvalue weighted by Gasteiger charge is 2.21. The minimum absolute atomic E-state index is 0.0765. The largest absolute Gasteiger partial charge is 0.444 e. The molecule has 1 N–H and O–H groups in total. The minimum atomic E-state index is -0.450. The molecule has 0 aliphatic rings. The number of alkyl carbamates (subject to hydrolysis) is 1. The molecule has 1 amide bonds. The Labute approximate surface area is 126 Å². The summed E-state index contributed by atoms with van der Waals surface area (Å²) in [5.41, 5.74) is -0.527. The molecule has 0 aliphatic carbocycles. The molecule has 0 atom stereocenters. The van der Waals surface area contributed by atoms with Gasteiger partial charge in [0.25, 0.3) is 0 Å². The zero-order valence-corrected chi connectivity index (χ0v) is 15.3. The molecule has 124 valence electrons. The zero-order valence-electron chi connectivity index (χ0n) is 15.3. The summed E-state index contributed by atoms with van der Waals surface area (Å²) in [6.07, 6.45) is -0.378. The normalized spacial score (nSPS) is 10.5. The van der Waals surface area contributed by atoms with E-state index in [-0.39, 0.29) is 11.5 Å². The Morgan fingerprint density at radius 3 is 1.80 bits per heavy atom. The quantitative estimate of drug-likeness (QED) is 0.803. The fourth-order valence-electron chi connectivity index (χ4n) is 1.06. The molecule has 4 heteroatoms.